The van der Waals surface area contributed by atoms with Gasteiger partial charge in [0.25, 0.3) is 10.0 Å². The molecular formula is C18H20N2O4S. The first-order chi connectivity index (χ1) is 12.0. The van der Waals surface area contributed by atoms with Crippen molar-refractivity contribution in [2.75, 3.05) is 20.8 Å². The molecule has 0 unspecified atom stereocenters. The number of nitrogens with zero attached hydrogens (tertiary/aromatic N) is 1. The van der Waals surface area contributed by atoms with Crippen LogP contribution >= 0.6 is 0 Å². The van der Waals surface area contributed by atoms with Crippen LogP contribution in [0.4, 0.5) is 0 Å². The number of nitrogens with two attached hydrogens (primary N) is 1. The van der Waals surface area contributed by atoms with E-state index in [9.17, 15) is 8.42 Å². The van der Waals surface area contributed by atoms with E-state index in [2.05, 4.69) is 0 Å². The lowest BCUT2D eigenvalue weighted by atomic mass is 10.1. The lowest BCUT2D eigenvalue weighted by Gasteiger charge is -2.09. The SMILES string of the molecule is COc1ccc(S(=O)(=O)n2cc(CCN)c3cc(OC)ccc32)cc1. The molecule has 0 saturated carbocycles. The third-order valence-corrected chi connectivity index (χ3v) is 5.78. The third kappa shape index (κ3) is 3.08. The van der Waals surface area contributed by atoms with Crippen molar-refractivity contribution < 1.29 is 17.9 Å². The molecule has 2 aromatic carbocycles. The summed E-state index contributed by atoms with van der Waals surface area (Å²) in [6.45, 7) is 0.429. The van der Waals surface area contributed by atoms with Crippen LogP contribution in [0.2, 0.25) is 0 Å². The summed E-state index contributed by atoms with van der Waals surface area (Å²) in [6.07, 6.45) is 2.21. The first kappa shape index (κ1) is 17.3. The fourth-order valence-electron chi connectivity index (χ4n) is 2.79. The zero-order valence-electron chi connectivity index (χ0n) is 14.1. The molecule has 132 valence electrons. The first-order valence-electron chi connectivity index (χ1n) is 7.79. The van der Waals surface area contributed by atoms with Crippen molar-refractivity contribution in [2.24, 2.45) is 5.73 Å². The summed E-state index contributed by atoms with van der Waals surface area (Å²) >= 11 is 0. The Morgan fingerprint density at radius 2 is 1.64 bits per heavy atom. The van der Waals surface area contributed by atoms with Gasteiger partial charge in [-0.05, 0) is 61.0 Å². The first-order valence-corrected chi connectivity index (χ1v) is 9.23. The second-order valence-electron chi connectivity index (χ2n) is 5.55. The van der Waals surface area contributed by atoms with E-state index in [1.807, 2.05) is 6.07 Å². The number of rotatable bonds is 6. The molecule has 0 atom stereocenters. The molecule has 3 aromatic rings. The summed E-state index contributed by atoms with van der Waals surface area (Å²) in [5.41, 5.74) is 7.15. The molecule has 6 nitrogen and oxygen atoms in total. The van der Waals surface area contributed by atoms with Gasteiger partial charge in [-0.1, -0.05) is 0 Å². The minimum Gasteiger partial charge on any atom is -0.497 e. The number of ether oxygens (including phenoxy) is 2. The third-order valence-electron chi connectivity index (χ3n) is 4.09. The van der Waals surface area contributed by atoms with E-state index in [0.717, 1.165) is 10.9 Å². The molecular weight excluding hydrogens is 340 g/mol. The van der Waals surface area contributed by atoms with Gasteiger partial charge in [0.2, 0.25) is 0 Å². The van der Waals surface area contributed by atoms with E-state index >= 15 is 0 Å². The van der Waals surface area contributed by atoms with Crippen LogP contribution in [0.15, 0.2) is 53.6 Å². The smallest absolute Gasteiger partial charge is 0.268 e. The Balaban J connectivity index is 2.19. The molecule has 0 saturated heterocycles. The summed E-state index contributed by atoms with van der Waals surface area (Å²) in [4.78, 5) is 0.195. The number of fused-ring (bicyclic) bond motifs is 1. The topological polar surface area (TPSA) is 83.6 Å². The van der Waals surface area contributed by atoms with E-state index in [-0.39, 0.29) is 4.90 Å². The van der Waals surface area contributed by atoms with Gasteiger partial charge in [0.05, 0.1) is 24.6 Å². The zero-order valence-corrected chi connectivity index (χ0v) is 14.9. The quantitative estimate of drug-likeness (QED) is 0.730. The van der Waals surface area contributed by atoms with Crippen LogP contribution in [0.5, 0.6) is 11.5 Å². The van der Waals surface area contributed by atoms with Gasteiger partial charge in [-0.3, -0.25) is 0 Å². The average Bonchev–Trinajstić information content (AvgIpc) is 3.00. The molecule has 3 rings (SSSR count). The van der Waals surface area contributed by atoms with Crippen LogP contribution in [-0.2, 0) is 16.4 Å². The van der Waals surface area contributed by atoms with Crippen LogP contribution in [-0.4, -0.2) is 33.2 Å². The van der Waals surface area contributed by atoms with Gasteiger partial charge in [-0.2, -0.15) is 0 Å². The molecule has 0 spiro atoms. The van der Waals surface area contributed by atoms with Gasteiger partial charge >= 0.3 is 0 Å². The van der Waals surface area contributed by atoms with Crippen molar-refractivity contribution >= 4 is 20.9 Å². The highest BCUT2D eigenvalue weighted by molar-refractivity contribution is 7.90. The van der Waals surface area contributed by atoms with E-state index in [4.69, 9.17) is 15.2 Å². The molecule has 1 heterocycles. The van der Waals surface area contributed by atoms with Crippen LogP contribution < -0.4 is 15.2 Å². The molecule has 2 N–H and O–H groups in total. The summed E-state index contributed by atoms with van der Waals surface area (Å²) in [7, 11) is -0.613. The Bertz CT molecular complexity index is 992. The number of hydrogen-bond donors (Lipinski definition) is 1. The van der Waals surface area contributed by atoms with Crippen molar-refractivity contribution in [1.29, 1.82) is 0 Å². The Kier molecular flexibility index (Phi) is 4.69. The average molecular weight is 360 g/mol. The molecule has 0 amide bonds. The highest BCUT2D eigenvalue weighted by Crippen LogP contribution is 2.30. The fraction of sp³-hybridized carbons (Fsp3) is 0.222. The number of hydrogen-bond acceptors (Lipinski definition) is 5. The Hall–Kier alpha value is -2.51. The molecule has 0 aliphatic rings. The molecule has 25 heavy (non-hydrogen) atoms. The van der Waals surface area contributed by atoms with Gasteiger partial charge in [-0.25, -0.2) is 12.4 Å². The summed E-state index contributed by atoms with van der Waals surface area (Å²) in [6, 6.07) is 11.6. The molecule has 0 radical (unpaired) electrons. The second kappa shape index (κ2) is 6.78. The van der Waals surface area contributed by atoms with Gasteiger partial charge in [0.1, 0.15) is 11.5 Å². The van der Waals surface area contributed by atoms with Crippen LogP contribution in [0.25, 0.3) is 10.9 Å². The van der Waals surface area contributed by atoms with E-state index < -0.39 is 10.0 Å². The van der Waals surface area contributed by atoms with E-state index in [1.165, 1.54) is 23.2 Å². The maximum atomic E-state index is 13.1. The standard InChI is InChI=1S/C18H20N2O4S/c1-23-14-3-6-16(7-4-14)25(21,22)20-12-13(9-10-19)17-11-15(24-2)5-8-18(17)20/h3-8,11-12H,9-10,19H2,1-2H3. The van der Waals surface area contributed by atoms with Crippen molar-refractivity contribution in [3.05, 3.63) is 54.2 Å². The maximum absolute atomic E-state index is 13.1. The maximum Gasteiger partial charge on any atom is 0.268 e. The Labute approximate surface area is 146 Å². The normalized spacial score (nSPS) is 11.6. The second-order valence-corrected chi connectivity index (χ2v) is 7.37. The minimum atomic E-state index is -3.73. The molecule has 1 aromatic heterocycles. The Morgan fingerprint density at radius 1 is 1.00 bits per heavy atom. The number of benzene rings is 2. The van der Waals surface area contributed by atoms with Gasteiger partial charge in [0.15, 0.2) is 0 Å². The van der Waals surface area contributed by atoms with Crippen molar-refractivity contribution in [3.8, 4) is 11.5 Å². The highest BCUT2D eigenvalue weighted by atomic mass is 32.2. The monoisotopic (exact) mass is 360 g/mol. The predicted molar refractivity (Wildman–Crippen MR) is 96.8 cm³/mol. The predicted octanol–water partition coefficient (Wildman–Crippen LogP) is 2.40. The molecule has 7 heteroatoms. The molecule has 0 bridgehead atoms. The van der Waals surface area contributed by atoms with Crippen LogP contribution in [0.1, 0.15) is 5.56 Å². The zero-order chi connectivity index (χ0) is 18.0. The van der Waals surface area contributed by atoms with Crippen LogP contribution in [0, 0.1) is 0 Å². The van der Waals surface area contributed by atoms with Gasteiger partial charge in [0, 0.05) is 11.6 Å². The fourth-order valence-corrected chi connectivity index (χ4v) is 4.18. The van der Waals surface area contributed by atoms with Crippen molar-refractivity contribution in [2.45, 2.75) is 11.3 Å². The van der Waals surface area contributed by atoms with Gasteiger partial charge in [-0.15, -0.1) is 0 Å². The van der Waals surface area contributed by atoms with Crippen molar-refractivity contribution in [3.63, 3.8) is 0 Å². The minimum absolute atomic E-state index is 0.195. The number of methoxy groups -OCH3 is 2. The van der Waals surface area contributed by atoms with Crippen LogP contribution in [0.3, 0.4) is 0 Å². The lowest BCUT2D eigenvalue weighted by molar-refractivity contribution is 0.414. The molecule has 0 fully saturated rings. The largest absolute Gasteiger partial charge is 0.497 e. The van der Waals surface area contributed by atoms with Crippen molar-refractivity contribution in [1.82, 2.24) is 3.97 Å². The summed E-state index contributed by atoms with van der Waals surface area (Å²) in [5, 5.41) is 0.821. The molecule has 0 aliphatic heterocycles. The Morgan fingerprint density at radius 3 is 2.24 bits per heavy atom. The highest BCUT2D eigenvalue weighted by Gasteiger charge is 2.21. The summed E-state index contributed by atoms with van der Waals surface area (Å²) < 4.78 is 37.8. The number of aromatic nitrogens is 1. The molecule has 0 aliphatic carbocycles. The van der Waals surface area contributed by atoms with E-state index in [1.54, 1.807) is 37.6 Å². The summed E-state index contributed by atoms with van der Waals surface area (Å²) in [5.74, 6) is 1.27. The van der Waals surface area contributed by atoms with E-state index in [0.29, 0.717) is 30.0 Å². The van der Waals surface area contributed by atoms with Gasteiger partial charge < -0.3 is 15.2 Å². The lowest BCUT2D eigenvalue weighted by Crippen LogP contribution is -2.12.